The topological polar surface area (TPSA) is 87.7 Å². The molecule has 0 aliphatic carbocycles. The van der Waals surface area contributed by atoms with Crippen molar-refractivity contribution >= 4 is 22.8 Å². The standard InChI is InChI=1S/C16H13FN4O2/c1-8-5-9(2)20-16(19-8)21-15(23)12-7-18-13-4-3-10(17)6-11(13)14(12)22/h3-7H,1-2H3,(H,18,22)(H,19,20,21,23). The van der Waals surface area contributed by atoms with Crippen molar-refractivity contribution in [2.75, 3.05) is 5.32 Å². The molecule has 7 heteroatoms. The van der Waals surface area contributed by atoms with E-state index in [9.17, 15) is 14.0 Å². The van der Waals surface area contributed by atoms with Gasteiger partial charge in [-0.05, 0) is 38.1 Å². The van der Waals surface area contributed by atoms with Crippen LogP contribution in [0.4, 0.5) is 10.3 Å². The molecule has 0 fully saturated rings. The Labute approximate surface area is 130 Å². The van der Waals surface area contributed by atoms with Gasteiger partial charge in [-0.1, -0.05) is 0 Å². The predicted molar refractivity (Wildman–Crippen MR) is 84.0 cm³/mol. The fourth-order valence-corrected chi connectivity index (χ4v) is 2.31. The van der Waals surface area contributed by atoms with Crippen molar-refractivity contribution in [3.63, 3.8) is 0 Å². The van der Waals surface area contributed by atoms with Crippen molar-refractivity contribution < 1.29 is 9.18 Å². The van der Waals surface area contributed by atoms with E-state index in [-0.39, 0.29) is 16.9 Å². The number of aryl methyl sites for hydroxylation is 2. The van der Waals surface area contributed by atoms with Crippen molar-refractivity contribution in [2.24, 2.45) is 0 Å². The predicted octanol–water partition coefficient (Wildman–Crippen LogP) is 2.33. The Bertz CT molecular complexity index is 961. The summed E-state index contributed by atoms with van der Waals surface area (Å²) in [5, 5.41) is 2.60. The molecule has 3 aromatic rings. The number of nitrogens with zero attached hydrogens (tertiary/aromatic N) is 2. The third-order valence-electron chi connectivity index (χ3n) is 3.30. The zero-order chi connectivity index (χ0) is 16.6. The molecule has 2 N–H and O–H groups in total. The van der Waals surface area contributed by atoms with Crippen LogP contribution in [0.25, 0.3) is 10.9 Å². The Balaban J connectivity index is 2.01. The second kappa shape index (κ2) is 5.60. The number of aromatic amines is 1. The minimum Gasteiger partial charge on any atom is -0.360 e. The van der Waals surface area contributed by atoms with E-state index in [1.807, 2.05) is 0 Å². The number of aromatic nitrogens is 3. The second-order valence-electron chi connectivity index (χ2n) is 5.15. The van der Waals surface area contributed by atoms with Crippen molar-refractivity contribution in [1.29, 1.82) is 0 Å². The van der Waals surface area contributed by atoms with E-state index in [2.05, 4.69) is 20.3 Å². The number of hydrogen-bond donors (Lipinski definition) is 2. The van der Waals surface area contributed by atoms with Gasteiger partial charge in [0.2, 0.25) is 11.4 Å². The number of anilines is 1. The largest absolute Gasteiger partial charge is 0.360 e. The van der Waals surface area contributed by atoms with Crippen LogP contribution < -0.4 is 10.7 Å². The minimum atomic E-state index is -0.651. The Kier molecular flexibility index (Phi) is 3.61. The van der Waals surface area contributed by atoms with Gasteiger partial charge in [0.05, 0.1) is 0 Å². The highest BCUT2D eigenvalue weighted by molar-refractivity contribution is 6.04. The lowest BCUT2D eigenvalue weighted by Gasteiger charge is -2.06. The number of pyridine rings is 1. The van der Waals surface area contributed by atoms with Crippen LogP contribution in [0.3, 0.4) is 0 Å². The van der Waals surface area contributed by atoms with Gasteiger partial charge in [0.1, 0.15) is 11.4 Å². The van der Waals surface area contributed by atoms with Crippen LogP contribution in [-0.2, 0) is 0 Å². The molecular formula is C16H13FN4O2. The average molecular weight is 312 g/mol. The van der Waals surface area contributed by atoms with E-state index in [1.165, 1.54) is 18.3 Å². The van der Waals surface area contributed by atoms with Gasteiger partial charge in [-0.3, -0.25) is 14.9 Å². The van der Waals surface area contributed by atoms with Gasteiger partial charge in [0.25, 0.3) is 5.91 Å². The number of benzene rings is 1. The van der Waals surface area contributed by atoms with Crippen LogP contribution in [0.15, 0.2) is 35.3 Å². The molecule has 1 aromatic carbocycles. The average Bonchev–Trinajstić information content (AvgIpc) is 2.47. The van der Waals surface area contributed by atoms with Crippen molar-refractivity contribution in [3.8, 4) is 0 Å². The molecule has 0 saturated heterocycles. The molecule has 0 saturated carbocycles. The molecule has 2 aromatic heterocycles. The zero-order valence-corrected chi connectivity index (χ0v) is 12.5. The maximum atomic E-state index is 13.3. The Morgan fingerprint density at radius 3 is 2.57 bits per heavy atom. The number of H-pyrrole nitrogens is 1. The second-order valence-corrected chi connectivity index (χ2v) is 5.15. The maximum absolute atomic E-state index is 13.3. The van der Waals surface area contributed by atoms with Crippen molar-refractivity contribution in [1.82, 2.24) is 15.0 Å². The highest BCUT2D eigenvalue weighted by Gasteiger charge is 2.15. The number of hydrogen-bond acceptors (Lipinski definition) is 4. The summed E-state index contributed by atoms with van der Waals surface area (Å²) in [5.41, 5.74) is 1.16. The maximum Gasteiger partial charge on any atom is 0.263 e. The fourth-order valence-electron chi connectivity index (χ4n) is 2.31. The van der Waals surface area contributed by atoms with Crippen LogP contribution in [0.2, 0.25) is 0 Å². The van der Waals surface area contributed by atoms with Crippen LogP contribution in [-0.4, -0.2) is 20.9 Å². The smallest absolute Gasteiger partial charge is 0.263 e. The highest BCUT2D eigenvalue weighted by atomic mass is 19.1. The Morgan fingerprint density at radius 2 is 1.87 bits per heavy atom. The minimum absolute atomic E-state index is 0.110. The summed E-state index contributed by atoms with van der Waals surface area (Å²) in [6.07, 6.45) is 1.29. The van der Waals surface area contributed by atoms with E-state index in [0.717, 1.165) is 6.07 Å². The van der Waals surface area contributed by atoms with Crippen molar-refractivity contribution in [2.45, 2.75) is 13.8 Å². The van der Waals surface area contributed by atoms with E-state index >= 15 is 0 Å². The molecule has 0 bridgehead atoms. The summed E-state index contributed by atoms with van der Waals surface area (Å²) >= 11 is 0. The number of nitrogens with one attached hydrogen (secondary N) is 2. The van der Waals surface area contributed by atoms with Gasteiger partial charge in [-0.2, -0.15) is 0 Å². The molecule has 0 unspecified atom stereocenters. The first kappa shape index (κ1) is 14.8. The highest BCUT2D eigenvalue weighted by Crippen LogP contribution is 2.11. The molecule has 1 amide bonds. The summed E-state index contributed by atoms with van der Waals surface area (Å²) in [6.45, 7) is 3.55. The fraction of sp³-hybridized carbons (Fsp3) is 0.125. The summed E-state index contributed by atoms with van der Waals surface area (Å²) in [7, 11) is 0. The lowest BCUT2D eigenvalue weighted by atomic mass is 10.1. The number of carbonyl (C=O) groups is 1. The number of fused-ring (bicyclic) bond motifs is 1. The summed E-state index contributed by atoms with van der Waals surface area (Å²) in [4.78, 5) is 35.6. The summed E-state index contributed by atoms with van der Waals surface area (Å²) < 4.78 is 13.3. The molecular weight excluding hydrogens is 299 g/mol. The lowest BCUT2D eigenvalue weighted by Crippen LogP contribution is -2.23. The monoisotopic (exact) mass is 312 g/mol. The van der Waals surface area contributed by atoms with Crippen LogP contribution in [0.5, 0.6) is 0 Å². The first-order valence-corrected chi connectivity index (χ1v) is 6.88. The summed E-state index contributed by atoms with van der Waals surface area (Å²) in [6, 6.07) is 5.54. The van der Waals surface area contributed by atoms with E-state index in [4.69, 9.17) is 0 Å². The number of carbonyl (C=O) groups excluding carboxylic acids is 1. The third-order valence-corrected chi connectivity index (χ3v) is 3.30. The van der Waals surface area contributed by atoms with E-state index < -0.39 is 17.2 Å². The Morgan fingerprint density at radius 1 is 1.17 bits per heavy atom. The third kappa shape index (κ3) is 2.94. The van der Waals surface area contributed by atoms with E-state index in [0.29, 0.717) is 16.9 Å². The van der Waals surface area contributed by atoms with Crippen LogP contribution in [0, 0.1) is 19.7 Å². The number of amides is 1. The van der Waals surface area contributed by atoms with Gasteiger partial charge in [0.15, 0.2) is 0 Å². The van der Waals surface area contributed by atoms with Gasteiger partial charge >= 0.3 is 0 Å². The number of rotatable bonds is 2. The molecule has 23 heavy (non-hydrogen) atoms. The molecule has 0 aliphatic rings. The quantitative estimate of drug-likeness (QED) is 0.760. The lowest BCUT2D eigenvalue weighted by molar-refractivity contribution is 0.102. The van der Waals surface area contributed by atoms with Gasteiger partial charge in [0, 0.05) is 28.5 Å². The molecule has 2 heterocycles. The molecule has 116 valence electrons. The van der Waals surface area contributed by atoms with Crippen LogP contribution in [0.1, 0.15) is 21.7 Å². The van der Waals surface area contributed by atoms with Gasteiger partial charge in [-0.25, -0.2) is 14.4 Å². The Hall–Kier alpha value is -3.09. The molecule has 6 nitrogen and oxygen atoms in total. The molecule has 0 radical (unpaired) electrons. The first-order chi connectivity index (χ1) is 10.9. The van der Waals surface area contributed by atoms with Crippen LogP contribution >= 0.6 is 0 Å². The normalized spacial score (nSPS) is 10.7. The molecule has 0 spiro atoms. The molecule has 3 rings (SSSR count). The number of halogens is 1. The zero-order valence-electron chi connectivity index (χ0n) is 12.5. The molecule has 0 atom stereocenters. The molecule has 0 aliphatic heterocycles. The summed E-state index contributed by atoms with van der Waals surface area (Å²) in [5.74, 6) is -1.08. The SMILES string of the molecule is Cc1cc(C)nc(NC(=O)c2c[nH]c3ccc(F)cc3c2=O)n1. The van der Waals surface area contributed by atoms with E-state index in [1.54, 1.807) is 19.9 Å². The first-order valence-electron chi connectivity index (χ1n) is 6.88. The van der Waals surface area contributed by atoms with Gasteiger partial charge < -0.3 is 4.98 Å². The van der Waals surface area contributed by atoms with Crippen molar-refractivity contribution in [3.05, 3.63) is 63.5 Å². The van der Waals surface area contributed by atoms with Gasteiger partial charge in [-0.15, -0.1) is 0 Å².